The zero-order chi connectivity index (χ0) is 15.2. The maximum absolute atomic E-state index is 12.8. The molecule has 1 aliphatic rings. The molecule has 5 heteroatoms. The van der Waals surface area contributed by atoms with Crippen molar-refractivity contribution in [1.29, 1.82) is 0 Å². The van der Waals surface area contributed by atoms with Crippen LogP contribution in [0.25, 0.3) is 0 Å². The van der Waals surface area contributed by atoms with Crippen molar-refractivity contribution < 1.29 is 9.59 Å². The molecule has 1 fully saturated rings. The van der Waals surface area contributed by atoms with Crippen LogP contribution >= 0.6 is 0 Å². The third kappa shape index (κ3) is 4.20. The predicted octanol–water partition coefficient (Wildman–Crippen LogP) is 1.27. The molecule has 2 amide bonds. The number of hydrogen-bond acceptors (Lipinski definition) is 3. The minimum absolute atomic E-state index is 0.0566. The zero-order valence-corrected chi connectivity index (χ0v) is 13.1. The summed E-state index contributed by atoms with van der Waals surface area (Å²) in [6.07, 6.45) is 4.99. The highest BCUT2D eigenvalue weighted by Gasteiger charge is 2.40. The van der Waals surface area contributed by atoms with Gasteiger partial charge in [-0.05, 0) is 33.6 Å². The summed E-state index contributed by atoms with van der Waals surface area (Å²) in [5, 5.41) is 2.83. The molecule has 20 heavy (non-hydrogen) atoms. The van der Waals surface area contributed by atoms with Crippen LogP contribution in [0.2, 0.25) is 0 Å². The molecular formula is C15H29N3O2. The summed E-state index contributed by atoms with van der Waals surface area (Å²) < 4.78 is 0. The monoisotopic (exact) mass is 283 g/mol. The minimum atomic E-state index is -0.438. The van der Waals surface area contributed by atoms with Crippen LogP contribution in [0.3, 0.4) is 0 Å². The Morgan fingerprint density at radius 1 is 1.25 bits per heavy atom. The first-order chi connectivity index (χ1) is 9.45. The predicted molar refractivity (Wildman–Crippen MR) is 80.1 cm³/mol. The molecule has 1 saturated carbocycles. The Hall–Kier alpha value is -1.10. The van der Waals surface area contributed by atoms with Gasteiger partial charge in [-0.2, -0.15) is 0 Å². The summed E-state index contributed by atoms with van der Waals surface area (Å²) in [6, 6.07) is 0.0921. The molecular weight excluding hydrogens is 254 g/mol. The van der Waals surface area contributed by atoms with Gasteiger partial charge < -0.3 is 16.0 Å². The fraction of sp³-hybridized carbons (Fsp3) is 0.867. The van der Waals surface area contributed by atoms with Crippen LogP contribution < -0.4 is 11.1 Å². The van der Waals surface area contributed by atoms with Crippen molar-refractivity contribution in [2.75, 3.05) is 19.6 Å². The van der Waals surface area contributed by atoms with Gasteiger partial charge in [0.2, 0.25) is 11.8 Å². The normalized spacial score (nSPS) is 17.9. The molecule has 0 saturated heterocycles. The van der Waals surface area contributed by atoms with Gasteiger partial charge in [0.15, 0.2) is 0 Å². The first-order valence-electron chi connectivity index (χ1n) is 7.74. The first kappa shape index (κ1) is 17.0. The van der Waals surface area contributed by atoms with Gasteiger partial charge in [-0.1, -0.05) is 19.3 Å². The topological polar surface area (TPSA) is 75.4 Å². The summed E-state index contributed by atoms with van der Waals surface area (Å²) in [6.45, 7) is 6.81. The second-order valence-corrected chi connectivity index (χ2v) is 6.09. The molecule has 0 aromatic carbocycles. The SMILES string of the molecule is CCN(CC(=O)NC(C)C)C(=O)C1(CN)CCCCC1. The highest BCUT2D eigenvalue weighted by atomic mass is 16.2. The molecule has 0 atom stereocenters. The van der Waals surface area contributed by atoms with Gasteiger partial charge in [-0.3, -0.25) is 9.59 Å². The maximum Gasteiger partial charge on any atom is 0.239 e. The minimum Gasteiger partial charge on any atom is -0.352 e. The van der Waals surface area contributed by atoms with E-state index >= 15 is 0 Å². The number of amides is 2. The number of carbonyl (C=O) groups excluding carboxylic acids is 2. The number of carbonyl (C=O) groups is 2. The third-order valence-corrected chi connectivity index (χ3v) is 4.11. The molecule has 0 unspecified atom stereocenters. The Kier molecular flexibility index (Phi) is 6.46. The van der Waals surface area contributed by atoms with E-state index in [0.29, 0.717) is 13.1 Å². The maximum atomic E-state index is 12.8. The molecule has 3 N–H and O–H groups in total. The average Bonchev–Trinajstić information content (AvgIpc) is 2.44. The van der Waals surface area contributed by atoms with Crippen molar-refractivity contribution in [1.82, 2.24) is 10.2 Å². The molecule has 0 bridgehead atoms. The molecule has 1 rings (SSSR count). The second kappa shape index (κ2) is 7.62. The summed E-state index contributed by atoms with van der Waals surface area (Å²) >= 11 is 0. The van der Waals surface area contributed by atoms with Gasteiger partial charge in [0, 0.05) is 19.1 Å². The molecule has 0 aromatic rings. The number of nitrogens with two attached hydrogens (primary N) is 1. The molecule has 0 aliphatic heterocycles. The van der Waals surface area contributed by atoms with Gasteiger partial charge in [0.05, 0.1) is 12.0 Å². The van der Waals surface area contributed by atoms with Crippen molar-refractivity contribution in [2.24, 2.45) is 11.1 Å². The molecule has 116 valence electrons. The van der Waals surface area contributed by atoms with Gasteiger partial charge in [0.1, 0.15) is 0 Å². The van der Waals surface area contributed by atoms with E-state index in [9.17, 15) is 9.59 Å². The molecule has 0 heterocycles. The number of hydrogen-bond donors (Lipinski definition) is 2. The quantitative estimate of drug-likeness (QED) is 0.771. The summed E-state index contributed by atoms with van der Waals surface area (Å²) in [7, 11) is 0. The van der Waals surface area contributed by atoms with E-state index in [1.165, 1.54) is 6.42 Å². The number of likely N-dealkylation sites (N-methyl/N-ethyl adjacent to an activating group) is 1. The van der Waals surface area contributed by atoms with E-state index in [1.54, 1.807) is 4.90 Å². The number of nitrogens with one attached hydrogen (secondary N) is 1. The van der Waals surface area contributed by atoms with Crippen molar-refractivity contribution in [2.45, 2.75) is 58.9 Å². The molecule has 5 nitrogen and oxygen atoms in total. The second-order valence-electron chi connectivity index (χ2n) is 6.09. The van der Waals surface area contributed by atoms with Crippen LogP contribution in [0.5, 0.6) is 0 Å². The van der Waals surface area contributed by atoms with Crippen LogP contribution in [0.15, 0.2) is 0 Å². The standard InChI is InChI=1S/C15H29N3O2/c1-4-18(10-13(19)17-12(2)3)14(20)15(11-16)8-6-5-7-9-15/h12H,4-11,16H2,1-3H3,(H,17,19). The van der Waals surface area contributed by atoms with E-state index < -0.39 is 5.41 Å². The number of rotatable bonds is 6. The van der Waals surface area contributed by atoms with Crippen molar-refractivity contribution in [3.63, 3.8) is 0 Å². The van der Waals surface area contributed by atoms with Crippen LogP contribution in [-0.2, 0) is 9.59 Å². The Bertz CT molecular complexity index is 336. The Balaban J connectivity index is 2.72. The van der Waals surface area contributed by atoms with Crippen LogP contribution in [0.4, 0.5) is 0 Å². The molecule has 1 aliphatic carbocycles. The van der Waals surface area contributed by atoms with E-state index in [0.717, 1.165) is 25.7 Å². The third-order valence-electron chi connectivity index (χ3n) is 4.11. The lowest BCUT2D eigenvalue weighted by Crippen LogP contribution is -2.52. The van der Waals surface area contributed by atoms with Crippen molar-refractivity contribution >= 4 is 11.8 Å². The highest BCUT2D eigenvalue weighted by molar-refractivity contribution is 5.88. The highest BCUT2D eigenvalue weighted by Crippen LogP contribution is 2.37. The fourth-order valence-electron chi connectivity index (χ4n) is 2.94. The Morgan fingerprint density at radius 2 is 1.85 bits per heavy atom. The van der Waals surface area contributed by atoms with Gasteiger partial charge >= 0.3 is 0 Å². The van der Waals surface area contributed by atoms with E-state index in [-0.39, 0.29) is 24.4 Å². The zero-order valence-electron chi connectivity index (χ0n) is 13.1. The average molecular weight is 283 g/mol. The van der Waals surface area contributed by atoms with Crippen molar-refractivity contribution in [3.05, 3.63) is 0 Å². The van der Waals surface area contributed by atoms with Gasteiger partial charge in [-0.25, -0.2) is 0 Å². The Morgan fingerprint density at radius 3 is 2.30 bits per heavy atom. The summed E-state index contributed by atoms with van der Waals surface area (Å²) in [5.41, 5.74) is 5.46. The van der Waals surface area contributed by atoms with Crippen LogP contribution in [0.1, 0.15) is 52.9 Å². The molecule has 0 aromatic heterocycles. The Labute approximate surface area is 122 Å². The van der Waals surface area contributed by atoms with Crippen LogP contribution in [0, 0.1) is 5.41 Å². The smallest absolute Gasteiger partial charge is 0.239 e. The van der Waals surface area contributed by atoms with Gasteiger partial charge in [0.25, 0.3) is 0 Å². The largest absolute Gasteiger partial charge is 0.352 e. The van der Waals surface area contributed by atoms with E-state index in [2.05, 4.69) is 5.32 Å². The summed E-state index contributed by atoms with van der Waals surface area (Å²) in [4.78, 5) is 26.3. The van der Waals surface area contributed by atoms with E-state index in [4.69, 9.17) is 5.73 Å². The first-order valence-corrected chi connectivity index (χ1v) is 7.74. The lowest BCUT2D eigenvalue weighted by molar-refractivity contribution is -0.146. The summed E-state index contributed by atoms with van der Waals surface area (Å²) in [5.74, 6) is -0.0423. The lowest BCUT2D eigenvalue weighted by atomic mass is 9.73. The number of nitrogens with zero attached hydrogens (tertiary/aromatic N) is 1. The van der Waals surface area contributed by atoms with Crippen molar-refractivity contribution in [3.8, 4) is 0 Å². The fourth-order valence-corrected chi connectivity index (χ4v) is 2.94. The van der Waals surface area contributed by atoms with Gasteiger partial charge in [-0.15, -0.1) is 0 Å². The lowest BCUT2D eigenvalue weighted by Gasteiger charge is -2.38. The van der Waals surface area contributed by atoms with E-state index in [1.807, 2.05) is 20.8 Å². The molecule has 0 radical (unpaired) electrons. The molecule has 0 spiro atoms. The van der Waals surface area contributed by atoms with Crippen LogP contribution in [-0.4, -0.2) is 42.4 Å².